The Hall–Kier alpha value is -0.830. The molecule has 3 rings (SSSR count). The Kier molecular flexibility index (Phi) is 8.32. The Balaban J connectivity index is 0.00000132. The minimum atomic E-state index is -0.639. The molecule has 0 saturated carbocycles. The molecule has 0 amide bonds. The van der Waals surface area contributed by atoms with Crippen molar-refractivity contribution in [1.29, 1.82) is 0 Å². The largest absolute Gasteiger partial charge is 0.387 e. The van der Waals surface area contributed by atoms with Crippen molar-refractivity contribution in [2.75, 3.05) is 19.6 Å². The van der Waals surface area contributed by atoms with Gasteiger partial charge in [-0.3, -0.25) is 0 Å². The van der Waals surface area contributed by atoms with E-state index in [2.05, 4.69) is 25.6 Å². The molecule has 128 valence electrons. The van der Waals surface area contributed by atoms with Gasteiger partial charge < -0.3 is 15.7 Å². The van der Waals surface area contributed by atoms with Crippen molar-refractivity contribution in [3.63, 3.8) is 0 Å². The van der Waals surface area contributed by atoms with E-state index in [-0.39, 0.29) is 24.8 Å². The number of rotatable bonds is 5. The Morgan fingerprint density at radius 1 is 1.30 bits per heavy atom. The zero-order chi connectivity index (χ0) is 14.5. The summed E-state index contributed by atoms with van der Waals surface area (Å²) in [7, 11) is 0. The van der Waals surface area contributed by atoms with Gasteiger partial charge in [-0.2, -0.15) is 0 Å². The fraction of sp³-hybridized carbons (Fsp3) is 0.500. The van der Waals surface area contributed by atoms with Crippen LogP contribution in [0.5, 0.6) is 0 Å². The molecule has 1 unspecified atom stereocenters. The van der Waals surface area contributed by atoms with Crippen LogP contribution in [0.4, 0.5) is 0 Å². The number of halogens is 2. The first kappa shape index (κ1) is 20.2. The highest BCUT2D eigenvalue weighted by atomic mass is 35.5. The van der Waals surface area contributed by atoms with Gasteiger partial charge in [-0.25, -0.2) is 15.0 Å². The van der Waals surface area contributed by atoms with Crippen LogP contribution >= 0.6 is 36.2 Å². The van der Waals surface area contributed by atoms with Gasteiger partial charge in [0.15, 0.2) is 10.8 Å². The van der Waals surface area contributed by atoms with Gasteiger partial charge in [0.1, 0.15) is 0 Å². The second kappa shape index (κ2) is 9.46. The Morgan fingerprint density at radius 3 is 2.78 bits per heavy atom. The maximum Gasteiger partial charge on any atom is 0.188 e. The fourth-order valence-corrected chi connectivity index (χ4v) is 3.19. The minimum absolute atomic E-state index is 0. The van der Waals surface area contributed by atoms with Crippen LogP contribution in [0.1, 0.15) is 18.5 Å². The Bertz CT molecular complexity index is 578. The third kappa shape index (κ3) is 5.63. The zero-order valence-corrected chi connectivity index (χ0v) is 15.0. The molecule has 0 bridgehead atoms. The monoisotopic (exact) mass is 377 g/mol. The van der Waals surface area contributed by atoms with Crippen molar-refractivity contribution in [3.8, 4) is 10.8 Å². The van der Waals surface area contributed by atoms with Crippen molar-refractivity contribution in [1.82, 2.24) is 25.6 Å². The molecule has 2 aromatic heterocycles. The third-order valence-corrected chi connectivity index (χ3v) is 4.41. The van der Waals surface area contributed by atoms with Crippen molar-refractivity contribution in [2.45, 2.75) is 25.0 Å². The van der Waals surface area contributed by atoms with E-state index in [4.69, 9.17) is 0 Å². The van der Waals surface area contributed by atoms with Gasteiger partial charge in [0, 0.05) is 37.4 Å². The van der Waals surface area contributed by atoms with Crippen LogP contribution in [-0.2, 0) is 6.54 Å². The number of β-amino-alcohol motifs (C(OH)–C–C–N with tert-alkyl or cyclic N) is 1. The molecule has 3 heterocycles. The van der Waals surface area contributed by atoms with Gasteiger partial charge in [-0.15, -0.1) is 36.2 Å². The summed E-state index contributed by atoms with van der Waals surface area (Å²) in [6.07, 6.45) is 5.29. The molecule has 23 heavy (non-hydrogen) atoms. The summed E-state index contributed by atoms with van der Waals surface area (Å²) in [5, 5.41) is 19.7. The highest BCUT2D eigenvalue weighted by Gasteiger charge is 2.28. The van der Waals surface area contributed by atoms with Crippen molar-refractivity contribution in [3.05, 3.63) is 29.5 Å². The van der Waals surface area contributed by atoms with Crippen LogP contribution in [-0.4, -0.2) is 45.3 Å². The van der Waals surface area contributed by atoms with Gasteiger partial charge in [0.05, 0.1) is 11.3 Å². The van der Waals surface area contributed by atoms with Gasteiger partial charge in [-0.1, -0.05) is 0 Å². The van der Waals surface area contributed by atoms with E-state index in [1.807, 2.05) is 5.38 Å². The van der Waals surface area contributed by atoms with E-state index in [0.29, 0.717) is 25.5 Å². The molecule has 0 aliphatic carbocycles. The van der Waals surface area contributed by atoms with Crippen LogP contribution in [0, 0.1) is 0 Å². The highest BCUT2D eigenvalue weighted by molar-refractivity contribution is 7.13. The number of hydrogen-bond acceptors (Lipinski definition) is 7. The molecule has 1 saturated heterocycles. The van der Waals surface area contributed by atoms with Crippen LogP contribution in [0.3, 0.4) is 0 Å². The molecule has 9 heteroatoms. The van der Waals surface area contributed by atoms with E-state index in [1.165, 1.54) is 11.3 Å². The SMILES string of the molecule is Cl.Cl.OC1(CNCc2csc(-c3ncccn3)n2)CCCNC1. The summed E-state index contributed by atoms with van der Waals surface area (Å²) in [5.74, 6) is 0.656. The number of nitrogens with one attached hydrogen (secondary N) is 2. The predicted octanol–water partition coefficient (Wildman–Crippen LogP) is 1.65. The van der Waals surface area contributed by atoms with Crippen molar-refractivity contribution < 1.29 is 5.11 Å². The topological polar surface area (TPSA) is 83.0 Å². The molecule has 2 aromatic rings. The molecule has 0 spiro atoms. The first-order chi connectivity index (χ1) is 10.3. The van der Waals surface area contributed by atoms with Crippen LogP contribution in [0.2, 0.25) is 0 Å². The average molecular weight is 378 g/mol. The van der Waals surface area contributed by atoms with Crippen molar-refractivity contribution >= 4 is 36.2 Å². The van der Waals surface area contributed by atoms with Crippen LogP contribution in [0.25, 0.3) is 10.8 Å². The molecule has 1 atom stereocenters. The summed E-state index contributed by atoms with van der Waals surface area (Å²) < 4.78 is 0. The Morgan fingerprint density at radius 2 is 2.09 bits per heavy atom. The van der Waals surface area contributed by atoms with Gasteiger partial charge in [-0.05, 0) is 25.5 Å². The normalized spacial score (nSPS) is 20.4. The molecule has 1 aliphatic rings. The number of piperidine rings is 1. The summed E-state index contributed by atoms with van der Waals surface area (Å²) in [6, 6.07) is 1.79. The zero-order valence-electron chi connectivity index (χ0n) is 12.6. The van der Waals surface area contributed by atoms with E-state index in [9.17, 15) is 5.11 Å². The first-order valence-corrected chi connectivity index (χ1v) is 7.99. The Labute approximate surface area is 152 Å². The number of nitrogens with zero attached hydrogens (tertiary/aromatic N) is 3. The maximum atomic E-state index is 10.4. The van der Waals surface area contributed by atoms with Gasteiger partial charge in [0.2, 0.25) is 0 Å². The molecule has 0 aromatic carbocycles. The van der Waals surface area contributed by atoms with E-state index in [1.54, 1.807) is 18.5 Å². The average Bonchev–Trinajstić information content (AvgIpc) is 2.98. The van der Waals surface area contributed by atoms with Gasteiger partial charge >= 0.3 is 0 Å². The summed E-state index contributed by atoms with van der Waals surface area (Å²) in [5.41, 5.74) is 0.314. The van der Waals surface area contributed by atoms with E-state index in [0.717, 1.165) is 30.1 Å². The molecular weight excluding hydrogens is 357 g/mol. The molecule has 1 fully saturated rings. The lowest BCUT2D eigenvalue weighted by Gasteiger charge is -2.32. The van der Waals surface area contributed by atoms with Crippen LogP contribution < -0.4 is 10.6 Å². The summed E-state index contributed by atoms with van der Waals surface area (Å²) >= 11 is 1.54. The quantitative estimate of drug-likeness (QED) is 0.734. The number of thiazole rings is 1. The molecule has 1 aliphatic heterocycles. The number of aromatic nitrogens is 3. The third-order valence-electron chi connectivity index (χ3n) is 3.52. The van der Waals surface area contributed by atoms with Gasteiger partial charge in [0.25, 0.3) is 0 Å². The second-order valence-corrected chi connectivity index (χ2v) is 6.18. The lowest BCUT2D eigenvalue weighted by Crippen LogP contribution is -2.51. The van der Waals surface area contributed by atoms with E-state index < -0.39 is 5.60 Å². The smallest absolute Gasteiger partial charge is 0.188 e. The first-order valence-electron chi connectivity index (χ1n) is 7.11. The minimum Gasteiger partial charge on any atom is -0.387 e. The number of aliphatic hydroxyl groups is 1. The summed E-state index contributed by atoms with van der Waals surface area (Å²) in [6.45, 7) is 2.87. The molecule has 6 nitrogen and oxygen atoms in total. The van der Waals surface area contributed by atoms with Crippen molar-refractivity contribution in [2.24, 2.45) is 0 Å². The maximum absolute atomic E-state index is 10.4. The second-order valence-electron chi connectivity index (χ2n) is 5.32. The lowest BCUT2D eigenvalue weighted by atomic mass is 9.94. The van der Waals surface area contributed by atoms with E-state index >= 15 is 0 Å². The predicted molar refractivity (Wildman–Crippen MR) is 96.4 cm³/mol. The van der Waals surface area contributed by atoms with Crippen LogP contribution in [0.15, 0.2) is 23.8 Å². The number of hydrogen-bond donors (Lipinski definition) is 3. The fourth-order valence-electron chi connectivity index (χ4n) is 2.43. The standard InChI is InChI=1S/C14H19N5OS.2ClH/c20-14(3-1-4-15-9-14)10-16-7-11-8-21-13(19-11)12-17-5-2-6-18-12;;/h2,5-6,8,15-16,20H,1,3-4,7,9-10H2;2*1H. The lowest BCUT2D eigenvalue weighted by molar-refractivity contribution is 0.0168. The highest BCUT2D eigenvalue weighted by Crippen LogP contribution is 2.20. The molecule has 0 radical (unpaired) electrons. The molecular formula is C14H21Cl2N5OS. The summed E-state index contributed by atoms with van der Waals surface area (Å²) in [4.78, 5) is 12.9. The molecule has 3 N–H and O–H groups in total.